The second-order valence-electron chi connectivity index (χ2n) is 4.27. The number of hydrogen-bond donors (Lipinski definition) is 1. The van der Waals surface area contributed by atoms with Gasteiger partial charge < -0.3 is 10.1 Å². The Balaban J connectivity index is 1.90. The maximum Gasteiger partial charge on any atom is 0.207 e. The maximum atomic E-state index is 5.95. The third-order valence-electron chi connectivity index (χ3n) is 2.84. The lowest BCUT2D eigenvalue weighted by Gasteiger charge is -2.05. The normalized spacial score (nSPS) is 10.8. The fourth-order valence-corrected chi connectivity index (χ4v) is 2.71. The molecule has 0 bridgehead atoms. The van der Waals surface area contributed by atoms with Gasteiger partial charge in [0.15, 0.2) is 0 Å². The number of nitrogens with zero attached hydrogens (tertiary/aromatic N) is 1. The molecule has 0 radical (unpaired) electrons. The molecule has 0 amide bonds. The number of rotatable bonds is 4. The first-order valence-corrected chi connectivity index (χ1v) is 6.90. The summed E-state index contributed by atoms with van der Waals surface area (Å²) >= 11 is 1.39. The van der Waals surface area contributed by atoms with Crippen LogP contribution in [0.3, 0.4) is 0 Å². The molecule has 1 N–H and O–H groups in total. The van der Waals surface area contributed by atoms with Crippen molar-refractivity contribution in [3.05, 3.63) is 54.1 Å². The van der Waals surface area contributed by atoms with Gasteiger partial charge in [-0.2, -0.15) is 4.37 Å². The van der Waals surface area contributed by atoms with E-state index in [9.17, 15) is 0 Å². The first kappa shape index (κ1) is 12.1. The van der Waals surface area contributed by atoms with E-state index in [1.807, 2.05) is 49.5 Å². The fraction of sp³-hybridized carbons (Fsp3) is 0.133. The predicted octanol–water partition coefficient (Wildman–Crippen LogP) is 3.81. The van der Waals surface area contributed by atoms with Crippen LogP contribution in [0.2, 0.25) is 0 Å². The van der Waals surface area contributed by atoms with Crippen molar-refractivity contribution >= 4 is 22.4 Å². The van der Waals surface area contributed by atoms with Crippen LogP contribution in [0.1, 0.15) is 5.56 Å². The van der Waals surface area contributed by atoms with Gasteiger partial charge in [-0.3, -0.25) is 0 Å². The lowest BCUT2D eigenvalue weighted by Crippen LogP contribution is -2.04. The molecule has 0 saturated heterocycles. The molecule has 0 unspecified atom stereocenters. The van der Waals surface area contributed by atoms with Crippen molar-refractivity contribution in [2.45, 2.75) is 6.54 Å². The SMILES string of the molecule is CNCc1cccc(Oc2snc3ccccc23)c1. The van der Waals surface area contributed by atoms with Crippen molar-refractivity contribution in [3.63, 3.8) is 0 Å². The Morgan fingerprint density at radius 2 is 2.05 bits per heavy atom. The number of nitrogens with one attached hydrogen (secondary N) is 1. The van der Waals surface area contributed by atoms with Crippen molar-refractivity contribution in [3.8, 4) is 10.8 Å². The van der Waals surface area contributed by atoms with E-state index in [4.69, 9.17) is 4.74 Å². The number of hydrogen-bond acceptors (Lipinski definition) is 4. The van der Waals surface area contributed by atoms with Crippen molar-refractivity contribution < 1.29 is 4.74 Å². The summed E-state index contributed by atoms with van der Waals surface area (Å²) in [4.78, 5) is 0. The maximum absolute atomic E-state index is 5.95. The van der Waals surface area contributed by atoms with Crippen LogP contribution >= 0.6 is 11.5 Å². The molecule has 0 aliphatic carbocycles. The lowest BCUT2D eigenvalue weighted by atomic mass is 10.2. The van der Waals surface area contributed by atoms with Crippen LogP contribution < -0.4 is 10.1 Å². The molecule has 1 aromatic heterocycles. The molecule has 3 aromatic rings. The van der Waals surface area contributed by atoms with E-state index in [0.717, 1.165) is 28.3 Å². The highest BCUT2D eigenvalue weighted by Crippen LogP contribution is 2.33. The van der Waals surface area contributed by atoms with Crippen molar-refractivity contribution in [1.29, 1.82) is 0 Å². The first-order chi connectivity index (χ1) is 9.36. The molecule has 0 aliphatic rings. The zero-order valence-electron chi connectivity index (χ0n) is 10.6. The summed E-state index contributed by atoms with van der Waals surface area (Å²) in [7, 11) is 1.93. The zero-order valence-corrected chi connectivity index (χ0v) is 11.4. The molecule has 0 fully saturated rings. The minimum Gasteiger partial charge on any atom is -0.444 e. The quantitative estimate of drug-likeness (QED) is 0.783. The van der Waals surface area contributed by atoms with E-state index < -0.39 is 0 Å². The molecule has 19 heavy (non-hydrogen) atoms. The van der Waals surface area contributed by atoms with Gasteiger partial charge in [-0.1, -0.05) is 24.3 Å². The van der Waals surface area contributed by atoms with Crippen LogP contribution in [-0.2, 0) is 6.54 Å². The van der Waals surface area contributed by atoms with Crippen LogP contribution in [0.4, 0.5) is 0 Å². The van der Waals surface area contributed by atoms with Crippen LogP contribution in [0.25, 0.3) is 10.9 Å². The molecule has 0 aliphatic heterocycles. The third-order valence-corrected chi connectivity index (χ3v) is 3.60. The summed E-state index contributed by atoms with van der Waals surface area (Å²) in [5, 5.41) is 5.04. The summed E-state index contributed by atoms with van der Waals surface area (Å²) in [6.45, 7) is 0.834. The summed E-state index contributed by atoms with van der Waals surface area (Å²) in [6.07, 6.45) is 0. The van der Waals surface area contributed by atoms with E-state index in [1.165, 1.54) is 17.1 Å². The second kappa shape index (κ2) is 5.38. The molecule has 0 saturated carbocycles. The fourth-order valence-electron chi connectivity index (χ4n) is 1.97. The van der Waals surface area contributed by atoms with E-state index in [0.29, 0.717) is 0 Å². The molecule has 3 nitrogen and oxygen atoms in total. The highest BCUT2D eigenvalue weighted by atomic mass is 32.1. The second-order valence-corrected chi connectivity index (χ2v) is 5.00. The Morgan fingerprint density at radius 3 is 2.95 bits per heavy atom. The largest absolute Gasteiger partial charge is 0.444 e. The monoisotopic (exact) mass is 270 g/mol. The van der Waals surface area contributed by atoms with Gasteiger partial charge >= 0.3 is 0 Å². The van der Waals surface area contributed by atoms with Gasteiger partial charge in [0, 0.05) is 18.1 Å². The highest BCUT2D eigenvalue weighted by molar-refractivity contribution is 7.09. The number of aromatic nitrogens is 1. The molecule has 96 valence electrons. The van der Waals surface area contributed by atoms with E-state index in [1.54, 1.807) is 0 Å². The molecule has 2 aromatic carbocycles. The zero-order chi connectivity index (χ0) is 13.1. The summed E-state index contributed by atoms with van der Waals surface area (Å²) in [5.41, 5.74) is 2.18. The van der Waals surface area contributed by atoms with Gasteiger partial charge in [0.2, 0.25) is 5.06 Å². The van der Waals surface area contributed by atoms with Gasteiger partial charge in [-0.05, 0) is 36.9 Å². The summed E-state index contributed by atoms with van der Waals surface area (Å²) < 4.78 is 10.3. The minimum atomic E-state index is 0.834. The molecular weight excluding hydrogens is 256 g/mol. The lowest BCUT2D eigenvalue weighted by molar-refractivity contribution is 0.500. The van der Waals surface area contributed by atoms with Crippen molar-refractivity contribution in [1.82, 2.24) is 9.69 Å². The number of fused-ring (bicyclic) bond motifs is 1. The summed E-state index contributed by atoms with van der Waals surface area (Å²) in [6, 6.07) is 16.1. The van der Waals surface area contributed by atoms with Gasteiger partial charge in [-0.25, -0.2) is 0 Å². The van der Waals surface area contributed by atoms with Crippen molar-refractivity contribution in [2.75, 3.05) is 7.05 Å². The minimum absolute atomic E-state index is 0.834. The number of ether oxygens (including phenoxy) is 1. The van der Waals surface area contributed by atoms with Crippen LogP contribution in [0, 0.1) is 0 Å². The Kier molecular flexibility index (Phi) is 3.44. The summed E-state index contributed by atoms with van der Waals surface area (Å²) in [5.74, 6) is 0.849. The van der Waals surface area contributed by atoms with Crippen LogP contribution in [-0.4, -0.2) is 11.4 Å². The molecule has 0 spiro atoms. The molecule has 1 heterocycles. The van der Waals surface area contributed by atoms with Gasteiger partial charge in [-0.15, -0.1) is 0 Å². The van der Waals surface area contributed by atoms with E-state index in [-0.39, 0.29) is 0 Å². The van der Waals surface area contributed by atoms with Gasteiger partial charge in [0.25, 0.3) is 0 Å². The smallest absolute Gasteiger partial charge is 0.207 e. The molecule has 0 atom stereocenters. The molecule has 4 heteroatoms. The van der Waals surface area contributed by atoms with E-state index in [2.05, 4.69) is 15.8 Å². The Hall–Kier alpha value is -1.91. The van der Waals surface area contributed by atoms with Crippen LogP contribution in [0.5, 0.6) is 10.8 Å². The van der Waals surface area contributed by atoms with Gasteiger partial charge in [0.1, 0.15) is 5.75 Å². The third kappa shape index (κ3) is 2.59. The predicted molar refractivity (Wildman–Crippen MR) is 78.9 cm³/mol. The molecular formula is C15H14N2OS. The average molecular weight is 270 g/mol. The Bertz CT molecular complexity index is 693. The highest BCUT2D eigenvalue weighted by Gasteiger charge is 2.07. The Labute approximate surface area is 116 Å². The van der Waals surface area contributed by atoms with Crippen molar-refractivity contribution in [2.24, 2.45) is 0 Å². The van der Waals surface area contributed by atoms with E-state index >= 15 is 0 Å². The standard InChI is InChI=1S/C15H14N2OS/c1-16-10-11-5-4-6-12(9-11)18-15-13-7-2-3-8-14(13)17-19-15/h2-9,16H,10H2,1H3. The molecule has 3 rings (SSSR count). The van der Waals surface area contributed by atoms with Gasteiger partial charge in [0.05, 0.1) is 10.9 Å². The first-order valence-electron chi connectivity index (χ1n) is 6.12. The number of benzene rings is 2. The average Bonchev–Trinajstić information content (AvgIpc) is 2.83. The Morgan fingerprint density at radius 1 is 1.16 bits per heavy atom. The van der Waals surface area contributed by atoms with Crippen LogP contribution in [0.15, 0.2) is 48.5 Å². The topological polar surface area (TPSA) is 34.1 Å².